The van der Waals surface area contributed by atoms with Crippen molar-refractivity contribution < 1.29 is 5.11 Å². The zero-order chi connectivity index (χ0) is 24.5. The highest BCUT2D eigenvalue weighted by atomic mass is 16.3. The smallest absolute Gasteiger partial charge is 0.165 e. The summed E-state index contributed by atoms with van der Waals surface area (Å²) in [6.45, 7) is 7.99. The molecule has 6 nitrogen and oxygen atoms in total. The van der Waals surface area contributed by atoms with Crippen LogP contribution in [0.4, 0.5) is 5.82 Å². The van der Waals surface area contributed by atoms with Crippen molar-refractivity contribution in [1.29, 1.82) is 0 Å². The molecule has 0 aliphatic rings. The first-order valence-corrected chi connectivity index (χ1v) is 11.6. The minimum Gasteiger partial charge on any atom is -0.392 e. The number of aliphatic hydroxyl groups is 1. The monoisotopic (exact) mass is 453 g/mol. The van der Waals surface area contributed by atoms with E-state index >= 15 is 0 Å². The molecule has 5 rings (SSSR count). The number of nitrogens with two attached hydrogens (primary N) is 1. The Labute approximate surface area is 200 Å². The van der Waals surface area contributed by atoms with Crippen LogP contribution in [0.15, 0.2) is 85.1 Å². The third-order valence-electron chi connectivity index (χ3n) is 5.03. The fraction of sp³-hybridized carbons (Fsp3) is 0.179. The molecule has 0 spiro atoms. The van der Waals surface area contributed by atoms with Crippen molar-refractivity contribution >= 4 is 17.0 Å². The van der Waals surface area contributed by atoms with Gasteiger partial charge in [0.1, 0.15) is 11.3 Å². The fourth-order valence-corrected chi connectivity index (χ4v) is 3.51. The lowest BCUT2D eigenvalue weighted by Gasteiger charge is -2.11. The van der Waals surface area contributed by atoms with Crippen molar-refractivity contribution in [3.8, 4) is 28.3 Å². The molecule has 0 fully saturated rings. The number of aromatic nitrogens is 4. The first-order valence-electron chi connectivity index (χ1n) is 11.6. The molecule has 0 unspecified atom stereocenters. The molecule has 0 saturated carbocycles. The van der Waals surface area contributed by atoms with Crippen molar-refractivity contribution in [2.45, 2.75) is 34.3 Å². The van der Waals surface area contributed by atoms with Crippen LogP contribution in [-0.2, 0) is 6.61 Å². The lowest BCUT2D eigenvalue weighted by molar-refractivity contribution is 0.282. The van der Waals surface area contributed by atoms with Gasteiger partial charge in [-0.15, -0.1) is 0 Å². The number of aliphatic hydroxyl groups excluding tert-OH is 1. The summed E-state index contributed by atoms with van der Waals surface area (Å²) in [4.78, 5) is 14.0. The molecule has 0 aliphatic carbocycles. The van der Waals surface area contributed by atoms with E-state index < -0.39 is 0 Å². The second-order valence-corrected chi connectivity index (χ2v) is 6.94. The minimum absolute atomic E-state index is 0.0101. The van der Waals surface area contributed by atoms with Gasteiger partial charge in [-0.05, 0) is 42.0 Å². The number of pyridine rings is 2. The predicted octanol–water partition coefficient (Wildman–Crippen LogP) is 6.28. The Morgan fingerprint density at radius 2 is 1.50 bits per heavy atom. The Morgan fingerprint density at radius 1 is 0.794 bits per heavy atom. The maximum atomic E-state index is 9.41. The van der Waals surface area contributed by atoms with Crippen LogP contribution in [0, 0.1) is 0 Å². The average molecular weight is 454 g/mol. The molecule has 5 aromatic rings. The van der Waals surface area contributed by atoms with E-state index in [2.05, 4.69) is 4.98 Å². The van der Waals surface area contributed by atoms with Gasteiger partial charge >= 0.3 is 0 Å². The number of nitrogens with zero attached hydrogens (tertiary/aromatic N) is 4. The van der Waals surface area contributed by atoms with Gasteiger partial charge in [0.25, 0.3) is 0 Å². The highest BCUT2D eigenvalue weighted by Gasteiger charge is 2.18. The third kappa shape index (κ3) is 4.97. The van der Waals surface area contributed by atoms with Gasteiger partial charge in [-0.3, -0.25) is 4.57 Å². The Morgan fingerprint density at radius 3 is 2.15 bits per heavy atom. The van der Waals surface area contributed by atoms with Crippen molar-refractivity contribution in [2.24, 2.45) is 0 Å². The number of fused-ring (bicyclic) bond motifs is 1. The summed E-state index contributed by atoms with van der Waals surface area (Å²) in [5.41, 5.74) is 12.0. The largest absolute Gasteiger partial charge is 0.392 e. The second kappa shape index (κ2) is 11.7. The topological polar surface area (TPSA) is 89.9 Å². The molecular weight excluding hydrogens is 422 g/mol. The fourth-order valence-electron chi connectivity index (χ4n) is 3.51. The van der Waals surface area contributed by atoms with Crippen molar-refractivity contribution in [1.82, 2.24) is 19.5 Å². The molecular formula is C28H31N5O. The third-order valence-corrected chi connectivity index (χ3v) is 5.03. The van der Waals surface area contributed by atoms with Gasteiger partial charge in [-0.25, -0.2) is 15.0 Å². The number of rotatable bonds is 4. The van der Waals surface area contributed by atoms with Crippen LogP contribution in [0.1, 0.15) is 33.3 Å². The van der Waals surface area contributed by atoms with Gasteiger partial charge < -0.3 is 10.8 Å². The van der Waals surface area contributed by atoms with E-state index in [1.165, 1.54) is 0 Å². The summed E-state index contributed by atoms with van der Waals surface area (Å²) in [5, 5.41) is 9.41. The maximum Gasteiger partial charge on any atom is 0.165 e. The molecule has 0 radical (unpaired) electrons. The normalized spacial score (nSPS) is 10.1. The highest BCUT2D eigenvalue weighted by Crippen LogP contribution is 2.31. The maximum absolute atomic E-state index is 9.41. The van der Waals surface area contributed by atoms with E-state index in [1.807, 2.05) is 111 Å². The molecule has 6 heteroatoms. The van der Waals surface area contributed by atoms with Gasteiger partial charge in [0.2, 0.25) is 0 Å². The molecule has 0 saturated heterocycles. The summed E-state index contributed by atoms with van der Waals surface area (Å²) >= 11 is 0. The van der Waals surface area contributed by atoms with Gasteiger partial charge in [0.15, 0.2) is 11.5 Å². The predicted molar refractivity (Wildman–Crippen MR) is 141 cm³/mol. The minimum atomic E-state index is -0.0101. The van der Waals surface area contributed by atoms with Crippen LogP contribution in [-0.4, -0.2) is 24.6 Å². The molecule has 0 amide bonds. The first kappa shape index (κ1) is 24.6. The molecule has 2 aromatic carbocycles. The lowest BCUT2D eigenvalue weighted by atomic mass is 10.1. The average Bonchev–Trinajstić information content (AvgIpc) is 3.30. The Bertz CT molecular complexity index is 1330. The van der Waals surface area contributed by atoms with Crippen LogP contribution >= 0.6 is 0 Å². The number of benzene rings is 2. The summed E-state index contributed by atoms with van der Waals surface area (Å²) in [6.07, 6.45) is 1.66. The Kier molecular flexibility index (Phi) is 8.48. The number of hydrogen-bond acceptors (Lipinski definition) is 5. The van der Waals surface area contributed by atoms with E-state index in [9.17, 15) is 5.11 Å². The van der Waals surface area contributed by atoms with E-state index in [0.29, 0.717) is 11.6 Å². The lowest BCUT2D eigenvalue weighted by Crippen LogP contribution is -2.02. The molecule has 0 atom stereocenters. The van der Waals surface area contributed by atoms with Crippen LogP contribution in [0.25, 0.3) is 39.5 Å². The number of anilines is 1. The molecule has 3 aromatic heterocycles. The summed E-state index contributed by atoms with van der Waals surface area (Å²) in [7, 11) is 0. The Hall–Kier alpha value is -4.03. The second-order valence-electron chi connectivity index (χ2n) is 6.94. The first-order chi connectivity index (χ1) is 16.7. The quantitative estimate of drug-likeness (QED) is 0.334. The highest BCUT2D eigenvalue weighted by molar-refractivity contribution is 5.84. The number of hydrogen-bond donors (Lipinski definition) is 2. The van der Waals surface area contributed by atoms with Crippen molar-refractivity contribution in [3.63, 3.8) is 0 Å². The van der Waals surface area contributed by atoms with Gasteiger partial charge in [0, 0.05) is 17.4 Å². The molecule has 0 bridgehead atoms. The molecule has 3 heterocycles. The summed E-state index contributed by atoms with van der Waals surface area (Å²) < 4.78 is 1.98. The standard InChI is InChI=1S/C24H19N5O.2C2H6/c25-22-19(7-4-14-26-22)23-28-21-13-12-20(17-5-2-1-3-6-17)27-24(21)29(23)18-10-8-16(15-30)9-11-18;2*1-2/h1-14,30H,15H2,(H2,25,26);2*1-2H3. The van der Waals surface area contributed by atoms with Crippen LogP contribution < -0.4 is 5.73 Å². The Balaban J connectivity index is 0.000000771. The zero-order valence-electron chi connectivity index (χ0n) is 20.1. The molecule has 3 N–H and O–H groups in total. The van der Waals surface area contributed by atoms with Crippen LogP contribution in [0.2, 0.25) is 0 Å². The van der Waals surface area contributed by atoms with Gasteiger partial charge in [-0.1, -0.05) is 70.2 Å². The SMILES string of the molecule is CC.CC.Nc1ncccc1-c1nc2ccc(-c3ccccc3)nc2n1-c1ccc(CO)cc1. The summed E-state index contributed by atoms with van der Waals surface area (Å²) in [6, 6.07) is 25.4. The van der Waals surface area contributed by atoms with Gasteiger partial charge in [0.05, 0.1) is 17.9 Å². The van der Waals surface area contributed by atoms with Crippen molar-refractivity contribution in [3.05, 3.63) is 90.6 Å². The van der Waals surface area contributed by atoms with E-state index in [1.54, 1.807) is 6.20 Å². The van der Waals surface area contributed by atoms with E-state index in [4.69, 9.17) is 15.7 Å². The van der Waals surface area contributed by atoms with E-state index in [-0.39, 0.29) is 6.61 Å². The molecule has 34 heavy (non-hydrogen) atoms. The molecule has 0 aliphatic heterocycles. The van der Waals surface area contributed by atoms with Crippen molar-refractivity contribution in [2.75, 3.05) is 5.73 Å². The summed E-state index contributed by atoms with van der Waals surface area (Å²) in [5.74, 6) is 1.08. The van der Waals surface area contributed by atoms with Crippen LogP contribution in [0.3, 0.4) is 0 Å². The van der Waals surface area contributed by atoms with Gasteiger partial charge in [-0.2, -0.15) is 0 Å². The number of nitrogen functional groups attached to an aromatic ring is 1. The molecule has 174 valence electrons. The number of imidazole rings is 1. The zero-order valence-corrected chi connectivity index (χ0v) is 20.1. The van der Waals surface area contributed by atoms with Crippen LogP contribution in [0.5, 0.6) is 0 Å². The van der Waals surface area contributed by atoms with E-state index in [0.717, 1.165) is 39.2 Å².